The van der Waals surface area contributed by atoms with Crippen LogP contribution < -0.4 is 15.4 Å². The third-order valence-electron chi connectivity index (χ3n) is 6.46. The Balaban J connectivity index is 1.38. The largest absolute Gasteiger partial charge is 0.489 e. The van der Waals surface area contributed by atoms with Gasteiger partial charge in [0.25, 0.3) is 0 Å². The number of nitrogens with zero attached hydrogens (tertiary/aromatic N) is 4. The summed E-state index contributed by atoms with van der Waals surface area (Å²) in [6, 6.07) is 3.82. The van der Waals surface area contributed by atoms with Crippen LogP contribution in [0.1, 0.15) is 37.6 Å². The second-order valence-corrected chi connectivity index (χ2v) is 11.9. The molecule has 2 amide bonds. The Morgan fingerprint density at radius 2 is 2.05 bits per heavy atom. The van der Waals surface area contributed by atoms with E-state index in [9.17, 15) is 9.59 Å². The van der Waals surface area contributed by atoms with Crippen LogP contribution in [0.5, 0.6) is 5.75 Å². The first-order valence-electron chi connectivity index (χ1n) is 12.9. The van der Waals surface area contributed by atoms with Crippen LogP contribution in [0.15, 0.2) is 24.7 Å². The Morgan fingerprint density at radius 3 is 2.82 bits per heavy atom. The van der Waals surface area contributed by atoms with Crippen molar-refractivity contribution < 1.29 is 19.1 Å². The van der Waals surface area contributed by atoms with E-state index in [0.29, 0.717) is 18.0 Å². The van der Waals surface area contributed by atoms with Crippen molar-refractivity contribution in [2.45, 2.75) is 45.6 Å². The number of benzene rings is 1. The van der Waals surface area contributed by atoms with E-state index in [0.717, 1.165) is 39.6 Å². The second-order valence-electron chi connectivity index (χ2n) is 10.8. The summed E-state index contributed by atoms with van der Waals surface area (Å²) in [4.78, 5) is 37.4. The van der Waals surface area contributed by atoms with Gasteiger partial charge >= 0.3 is 6.09 Å². The van der Waals surface area contributed by atoms with Gasteiger partial charge in [-0.2, -0.15) is 5.10 Å². The molecule has 4 aromatic rings. The van der Waals surface area contributed by atoms with E-state index in [2.05, 4.69) is 30.8 Å². The summed E-state index contributed by atoms with van der Waals surface area (Å²) < 4.78 is 11.4. The minimum atomic E-state index is -0.569. The van der Waals surface area contributed by atoms with Gasteiger partial charge in [0.1, 0.15) is 34.9 Å². The fraction of sp³-hybridized carbons (Fsp3) is 0.444. The van der Waals surface area contributed by atoms with Crippen molar-refractivity contribution >= 4 is 56.0 Å². The molecule has 1 atom stereocenters. The van der Waals surface area contributed by atoms with E-state index >= 15 is 0 Å². The normalized spacial score (nSPS) is 15.2. The highest BCUT2D eigenvalue weighted by Gasteiger charge is 2.30. The number of alkyl carbamates (subject to hydrolysis) is 1. The maximum absolute atomic E-state index is 12.6. The van der Waals surface area contributed by atoms with E-state index < -0.39 is 11.7 Å². The van der Waals surface area contributed by atoms with E-state index in [1.807, 2.05) is 32.9 Å². The average molecular weight is 552 g/mol. The number of amides is 2. The molecule has 12 heteroatoms. The molecule has 0 saturated heterocycles. The van der Waals surface area contributed by atoms with Crippen molar-refractivity contribution in [3.8, 4) is 5.75 Å². The maximum Gasteiger partial charge on any atom is 0.407 e. The Morgan fingerprint density at radius 1 is 1.23 bits per heavy atom. The van der Waals surface area contributed by atoms with Gasteiger partial charge < -0.3 is 25.0 Å². The van der Waals surface area contributed by atoms with E-state index in [4.69, 9.17) is 9.47 Å². The molecule has 0 saturated carbocycles. The molecule has 0 unspecified atom stereocenters. The molecular weight excluding hydrogens is 518 g/mol. The second kappa shape index (κ2) is 10.7. The molecule has 0 radical (unpaired) electrons. The summed E-state index contributed by atoms with van der Waals surface area (Å²) >= 11 is 1.63. The van der Waals surface area contributed by atoms with Gasteiger partial charge in [-0.25, -0.2) is 14.8 Å². The van der Waals surface area contributed by atoms with Gasteiger partial charge in [0.15, 0.2) is 0 Å². The summed E-state index contributed by atoms with van der Waals surface area (Å²) in [6.45, 7) is 5.96. The third-order valence-corrected chi connectivity index (χ3v) is 7.62. The van der Waals surface area contributed by atoms with Crippen LogP contribution in [0, 0.1) is 5.92 Å². The molecule has 39 heavy (non-hydrogen) atoms. The zero-order valence-corrected chi connectivity index (χ0v) is 23.6. The van der Waals surface area contributed by atoms with Crippen LogP contribution in [0.3, 0.4) is 0 Å². The van der Waals surface area contributed by atoms with Crippen LogP contribution in [0.4, 0.5) is 16.3 Å². The maximum atomic E-state index is 12.6. The number of hydrogen-bond donors (Lipinski definition) is 3. The molecule has 1 aliphatic rings. The minimum absolute atomic E-state index is 0.0114. The van der Waals surface area contributed by atoms with Gasteiger partial charge in [0.05, 0.1) is 29.3 Å². The zero-order chi connectivity index (χ0) is 27.7. The highest BCUT2D eigenvalue weighted by atomic mass is 32.1. The highest BCUT2D eigenvalue weighted by Crippen LogP contribution is 2.41. The number of carbonyl (C=O) groups excluding carboxylic acids is 2. The van der Waals surface area contributed by atoms with Crippen LogP contribution in [-0.2, 0) is 22.4 Å². The van der Waals surface area contributed by atoms with Crippen molar-refractivity contribution in [1.82, 2.24) is 30.4 Å². The predicted octanol–water partition coefficient (Wildman–Crippen LogP) is 4.41. The smallest absolute Gasteiger partial charge is 0.407 e. The lowest BCUT2D eigenvalue weighted by Gasteiger charge is -2.24. The molecule has 5 rings (SSSR count). The van der Waals surface area contributed by atoms with Crippen LogP contribution in [0.25, 0.3) is 21.1 Å². The molecule has 0 bridgehead atoms. The first kappa shape index (κ1) is 26.7. The molecule has 0 aliphatic heterocycles. The molecule has 1 aromatic carbocycles. The number of carbonyl (C=O) groups is 2. The number of thiophene rings is 1. The quantitative estimate of drug-likeness (QED) is 0.288. The number of aromatic amines is 1. The number of rotatable bonds is 7. The third kappa shape index (κ3) is 5.90. The fourth-order valence-electron chi connectivity index (χ4n) is 4.73. The van der Waals surface area contributed by atoms with E-state index in [1.54, 1.807) is 42.9 Å². The van der Waals surface area contributed by atoms with E-state index in [-0.39, 0.29) is 25.0 Å². The van der Waals surface area contributed by atoms with Crippen molar-refractivity contribution in [1.29, 1.82) is 0 Å². The number of hydrogen-bond acceptors (Lipinski definition) is 9. The van der Waals surface area contributed by atoms with E-state index in [1.165, 1.54) is 10.4 Å². The zero-order valence-electron chi connectivity index (χ0n) is 22.8. The summed E-state index contributed by atoms with van der Waals surface area (Å²) in [6.07, 6.45) is 5.11. The van der Waals surface area contributed by atoms with Gasteiger partial charge in [-0.15, -0.1) is 11.3 Å². The van der Waals surface area contributed by atoms with Gasteiger partial charge in [-0.1, -0.05) is 0 Å². The molecule has 3 aromatic heterocycles. The lowest BCUT2D eigenvalue weighted by atomic mass is 9.87. The monoisotopic (exact) mass is 551 g/mol. The number of H-pyrrole nitrogens is 1. The molecule has 0 spiro atoms. The highest BCUT2D eigenvalue weighted by molar-refractivity contribution is 7.19. The first-order chi connectivity index (χ1) is 18.6. The van der Waals surface area contributed by atoms with Crippen LogP contribution in [-0.4, -0.2) is 69.9 Å². The fourth-order valence-corrected chi connectivity index (χ4v) is 5.99. The lowest BCUT2D eigenvalue weighted by molar-refractivity contribution is -0.133. The van der Waals surface area contributed by atoms with Gasteiger partial charge in [-0.05, 0) is 51.7 Å². The molecular formula is C27H33N7O4S. The summed E-state index contributed by atoms with van der Waals surface area (Å²) in [5.41, 5.74) is 2.18. The summed E-state index contributed by atoms with van der Waals surface area (Å²) in [5, 5.41) is 15.2. The minimum Gasteiger partial charge on any atom is -0.489 e. The molecule has 3 N–H and O–H groups in total. The SMILES string of the molecule is CN(C)C(=O)[C@H]1CCc2c(sc3ncnc(Nc4cc5cn[nH]c5cc4OCCNC(=O)OC(C)(C)C)c23)C1. The molecule has 0 fully saturated rings. The Kier molecular flexibility index (Phi) is 7.30. The summed E-state index contributed by atoms with van der Waals surface area (Å²) in [7, 11) is 3.61. The lowest BCUT2D eigenvalue weighted by Crippen LogP contribution is -2.34. The standard InChI is InChI=1S/C27H33N7O4S/c1-27(2,3)38-26(36)28-8-9-37-20-12-18-16(13-31-33-18)10-19(20)32-23-22-17-7-6-15(25(35)34(4)5)11-21(17)39-24(22)30-14-29-23/h10,12-15H,6-9,11H2,1-5H3,(H,28,36)(H,31,33)(H,29,30,32)/t15-/m0/s1. The summed E-state index contributed by atoms with van der Waals surface area (Å²) in [5.74, 6) is 1.43. The number of nitrogens with one attached hydrogen (secondary N) is 3. The predicted molar refractivity (Wildman–Crippen MR) is 151 cm³/mol. The molecule has 11 nitrogen and oxygen atoms in total. The van der Waals surface area contributed by atoms with Gasteiger partial charge in [0.2, 0.25) is 5.91 Å². The van der Waals surface area contributed by atoms with Crippen molar-refractivity contribution in [3.63, 3.8) is 0 Å². The van der Waals surface area contributed by atoms with Crippen molar-refractivity contribution in [2.24, 2.45) is 5.92 Å². The average Bonchev–Trinajstić information content (AvgIpc) is 3.48. The Labute approximate surface area is 230 Å². The van der Waals surface area contributed by atoms with Crippen molar-refractivity contribution in [3.05, 3.63) is 35.1 Å². The molecule has 3 heterocycles. The number of anilines is 2. The molecule has 1 aliphatic carbocycles. The number of aromatic nitrogens is 4. The van der Waals surface area contributed by atoms with Gasteiger partial charge in [0, 0.05) is 36.3 Å². The van der Waals surface area contributed by atoms with Gasteiger partial charge in [-0.3, -0.25) is 9.89 Å². The number of fused-ring (bicyclic) bond motifs is 4. The van der Waals surface area contributed by atoms with Crippen LogP contribution in [0.2, 0.25) is 0 Å². The van der Waals surface area contributed by atoms with Crippen LogP contribution >= 0.6 is 11.3 Å². The topological polar surface area (TPSA) is 134 Å². The first-order valence-corrected chi connectivity index (χ1v) is 13.7. The van der Waals surface area contributed by atoms with Crippen molar-refractivity contribution in [2.75, 3.05) is 32.6 Å². The molecule has 206 valence electrons. The number of ether oxygens (including phenoxy) is 2. The Bertz CT molecular complexity index is 1520. The Hall–Kier alpha value is -3.93. The number of aryl methyl sites for hydroxylation is 1.